The van der Waals surface area contributed by atoms with Crippen molar-refractivity contribution < 1.29 is 4.79 Å². The zero-order valence-corrected chi connectivity index (χ0v) is 14.4. The normalized spacial score (nSPS) is 22.0. The third-order valence-electron chi connectivity index (χ3n) is 4.68. The van der Waals surface area contributed by atoms with Crippen molar-refractivity contribution in [2.24, 2.45) is 0 Å². The number of nitrogens with zero attached hydrogens (tertiary/aromatic N) is 3. The first-order valence-corrected chi connectivity index (χ1v) is 9.26. The van der Waals surface area contributed by atoms with Gasteiger partial charge < -0.3 is 4.90 Å². The lowest BCUT2D eigenvalue weighted by Gasteiger charge is -2.28. The van der Waals surface area contributed by atoms with Gasteiger partial charge in [0, 0.05) is 24.5 Å². The van der Waals surface area contributed by atoms with Crippen LogP contribution in [0.25, 0.3) is 0 Å². The van der Waals surface area contributed by atoms with Crippen LogP contribution in [0, 0.1) is 0 Å². The first-order chi connectivity index (χ1) is 10.1. The van der Waals surface area contributed by atoms with E-state index in [1.807, 2.05) is 40.7 Å². The first kappa shape index (κ1) is 16.4. The van der Waals surface area contributed by atoms with E-state index in [1.165, 1.54) is 12.8 Å². The van der Waals surface area contributed by atoms with Gasteiger partial charge in [-0.25, -0.2) is 0 Å². The van der Waals surface area contributed by atoms with Crippen molar-refractivity contribution in [3.8, 4) is 0 Å². The minimum Gasteiger partial charge on any atom is -0.336 e. The van der Waals surface area contributed by atoms with Gasteiger partial charge in [-0.1, -0.05) is 20.3 Å². The molecule has 0 radical (unpaired) electrons. The molecule has 5 heteroatoms. The van der Waals surface area contributed by atoms with Gasteiger partial charge in [0.25, 0.3) is 5.91 Å². The first-order valence-electron chi connectivity index (χ1n) is 7.97. The second-order valence-electron chi connectivity index (χ2n) is 5.84. The summed E-state index contributed by atoms with van der Waals surface area (Å²) >= 11 is 1.88. The Balaban J connectivity index is 2.09. The Hall–Kier alpha value is -0.970. The van der Waals surface area contributed by atoms with Crippen LogP contribution in [-0.2, 0) is 0 Å². The molecule has 0 aliphatic heterocycles. The van der Waals surface area contributed by atoms with E-state index in [0.29, 0.717) is 23.0 Å². The molecule has 1 amide bonds. The summed E-state index contributed by atoms with van der Waals surface area (Å²) in [5.74, 6) is 0.0608. The molecular formula is C16H27N3OS. The Morgan fingerprint density at radius 3 is 2.81 bits per heavy atom. The third kappa shape index (κ3) is 3.44. The fourth-order valence-electron chi connectivity index (χ4n) is 3.27. The number of thioether (sulfide) groups is 1. The Morgan fingerprint density at radius 1 is 1.48 bits per heavy atom. The molecule has 1 heterocycles. The molecule has 0 bridgehead atoms. The summed E-state index contributed by atoms with van der Waals surface area (Å²) in [6.45, 7) is 4.32. The SMILES string of the molecule is CCC(CC)n1ccc(C(=O)N(C)[C@H]2CCC[C@@H]2SC)n1. The zero-order chi connectivity index (χ0) is 15.4. The quantitative estimate of drug-likeness (QED) is 0.806. The average molecular weight is 309 g/mol. The molecule has 2 atom stereocenters. The number of carbonyl (C=O) groups is 1. The van der Waals surface area contributed by atoms with Crippen molar-refractivity contribution in [1.29, 1.82) is 0 Å². The van der Waals surface area contributed by atoms with Crippen LogP contribution in [0.5, 0.6) is 0 Å². The lowest BCUT2D eigenvalue weighted by molar-refractivity contribution is 0.0731. The molecule has 4 nitrogen and oxygen atoms in total. The topological polar surface area (TPSA) is 38.1 Å². The fraction of sp³-hybridized carbons (Fsp3) is 0.750. The van der Waals surface area contributed by atoms with Crippen molar-refractivity contribution in [1.82, 2.24) is 14.7 Å². The summed E-state index contributed by atoms with van der Waals surface area (Å²) in [6, 6.07) is 2.60. The number of rotatable bonds is 6. The van der Waals surface area contributed by atoms with Crippen molar-refractivity contribution in [2.75, 3.05) is 13.3 Å². The van der Waals surface area contributed by atoms with Crippen LogP contribution in [0.4, 0.5) is 0 Å². The van der Waals surface area contributed by atoms with E-state index in [9.17, 15) is 4.79 Å². The summed E-state index contributed by atoms with van der Waals surface area (Å²) in [4.78, 5) is 14.6. The van der Waals surface area contributed by atoms with E-state index >= 15 is 0 Å². The summed E-state index contributed by atoms with van der Waals surface area (Å²) in [7, 11) is 1.93. The van der Waals surface area contributed by atoms with Crippen LogP contribution in [-0.4, -0.2) is 45.2 Å². The maximum atomic E-state index is 12.6. The van der Waals surface area contributed by atoms with Crippen LogP contribution in [0.1, 0.15) is 62.5 Å². The molecule has 2 rings (SSSR count). The van der Waals surface area contributed by atoms with Crippen LogP contribution < -0.4 is 0 Å². The molecule has 1 aromatic rings. The van der Waals surface area contributed by atoms with Gasteiger partial charge in [0.1, 0.15) is 5.69 Å². The molecule has 118 valence electrons. The van der Waals surface area contributed by atoms with Gasteiger partial charge in [-0.3, -0.25) is 9.48 Å². The Bertz CT molecular complexity index is 470. The van der Waals surface area contributed by atoms with Gasteiger partial charge in [-0.15, -0.1) is 0 Å². The van der Waals surface area contributed by atoms with Gasteiger partial charge in [0.2, 0.25) is 0 Å². The van der Waals surface area contributed by atoms with Crippen molar-refractivity contribution in [2.45, 2.75) is 63.3 Å². The van der Waals surface area contributed by atoms with E-state index in [2.05, 4.69) is 25.2 Å². The van der Waals surface area contributed by atoms with E-state index in [4.69, 9.17) is 0 Å². The molecule has 1 aliphatic rings. The molecule has 1 fully saturated rings. The molecule has 0 saturated heterocycles. The maximum absolute atomic E-state index is 12.6. The van der Waals surface area contributed by atoms with Crippen LogP contribution in [0.3, 0.4) is 0 Å². The monoisotopic (exact) mass is 309 g/mol. The number of hydrogen-bond donors (Lipinski definition) is 0. The second kappa shape index (κ2) is 7.34. The number of hydrogen-bond acceptors (Lipinski definition) is 3. The molecule has 1 aromatic heterocycles. The summed E-state index contributed by atoms with van der Waals surface area (Å²) in [5, 5.41) is 5.08. The third-order valence-corrected chi connectivity index (χ3v) is 5.84. The summed E-state index contributed by atoms with van der Waals surface area (Å²) in [6.07, 6.45) is 9.71. The van der Waals surface area contributed by atoms with E-state index in [-0.39, 0.29) is 5.91 Å². The van der Waals surface area contributed by atoms with Gasteiger partial charge in [0.05, 0.1) is 6.04 Å². The number of amides is 1. The van der Waals surface area contributed by atoms with Crippen LogP contribution in [0.15, 0.2) is 12.3 Å². The van der Waals surface area contributed by atoms with E-state index in [1.54, 1.807) is 0 Å². The van der Waals surface area contributed by atoms with Gasteiger partial charge in [-0.2, -0.15) is 16.9 Å². The second-order valence-corrected chi connectivity index (χ2v) is 6.92. The van der Waals surface area contributed by atoms with Crippen molar-refractivity contribution in [3.63, 3.8) is 0 Å². The summed E-state index contributed by atoms with van der Waals surface area (Å²) in [5.41, 5.74) is 0.580. The van der Waals surface area contributed by atoms with Crippen LogP contribution in [0.2, 0.25) is 0 Å². The highest BCUT2D eigenvalue weighted by molar-refractivity contribution is 7.99. The smallest absolute Gasteiger partial charge is 0.274 e. The molecule has 0 aromatic carbocycles. The standard InChI is InChI=1S/C16H27N3OS/c1-5-12(6-2)19-11-10-13(17-19)16(20)18(3)14-8-7-9-15(14)21-4/h10-12,14-15H,5-9H2,1-4H3/t14-,15-/m0/s1. The molecule has 0 N–H and O–H groups in total. The van der Waals surface area contributed by atoms with Crippen LogP contribution >= 0.6 is 11.8 Å². The molecule has 21 heavy (non-hydrogen) atoms. The van der Waals surface area contributed by atoms with Gasteiger partial charge >= 0.3 is 0 Å². The lowest BCUT2D eigenvalue weighted by Crippen LogP contribution is -2.40. The van der Waals surface area contributed by atoms with E-state index in [0.717, 1.165) is 19.3 Å². The average Bonchev–Trinajstić information content (AvgIpc) is 3.16. The molecule has 0 unspecified atom stereocenters. The fourth-order valence-corrected chi connectivity index (χ4v) is 4.31. The highest BCUT2D eigenvalue weighted by Gasteiger charge is 2.33. The Morgan fingerprint density at radius 2 is 2.19 bits per heavy atom. The predicted octanol–water partition coefficient (Wildman–Crippen LogP) is 3.60. The number of carbonyl (C=O) groups excluding carboxylic acids is 1. The minimum atomic E-state index is 0.0608. The largest absolute Gasteiger partial charge is 0.336 e. The predicted molar refractivity (Wildman–Crippen MR) is 88.9 cm³/mol. The molecular weight excluding hydrogens is 282 g/mol. The summed E-state index contributed by atoms with van der Waals surface area (Å²) < 4.78 is 1.95. The van der Waals surface area contributed by atoms with Gasteiger partial charge in [-0.05, 0) is 38.0 Å². The Kier molecular flexibility index (Phi) is 5.73. The Labute approximate surface area is 132 Å². The highest BCUT2D eigenvalue weighted by Crippen LogP contribution is 2.32. The lowest BCUT2D eigenvalue weighted by atomic mass is 10.2. The van der Waals surface area contributed by atoms with E-state index < -0.39 is 0 Å². The number of aromatic nitrogens is 2. The van der Waals surface area contributed by atoms with Crippen molar-refractivity contribution in [3.05, 3.63) is 18.0 Å². The molecule has 1 aliphatic carbocycles. The van der Waals surface area contributed by atoms with Crippen molar-refractivity contribution >= 4 is 17.7 Å². The minimum absolute atomic E-state index is 0.0608. The maximum Gasteiger partial charge on any atom is 0.274 e. The van der Waals surface area contributed by atoms with Gasteiger partial charge in [0.15, 0.2) is 0 Å². The molecule has 0 spiro atoms. The molecule has 1 saturated carbocycles. The highest BCUT2D eigenvalue weighted by atomic mass is 32.2. The zero-order valence-electron chi connectivity index (χ0n) is 13.6.